The van der Waals surface area contributed by atoms with Crippen LogP contribution in [0.25, 0.3) is 0 Å². The molecule has 0 bridgehead atoms. The predicted octanol–water partition coefficient (Wildman–Crippen LogP) is 2.48. The van der Waals surface area contributed by atoms with Crippen LogP contribution >= 0.6 is 9.69 Å². The Balaban J connectivity index is 0.000000671. The maximum atomic E-state index is 6.59. The van der Waals surface area contributed by atoms with Crippen molar-refractivity contribution in [1.29, 1.82) is 0 Å². The van der Waals surface area contributed by atoms with Crippen molar-refractivity contribution in [2.45, 2.75) is 6.61 Å². The molecule has 0 saturated carbocycles. The van der Waals surface area contributed by atoms with Gasteiger partial charge in [-0.2, -0.15) is 0 Å². The molecule has 0 spiro atoms. The number of hydrogen-bond acceptors (Lipinski definition) is 1. The van der Waals surface area contributed by atoms with Crippen LogP contribution in [0.5, 0.6) is 0 Å². The molecule has 0 heterocycles. The first-order valence-electron chi connectivity index (χ1n) is 3.71. The molecule has 0 aliphatic heterocycles. The molecule has 0 amide bonds. The summed E-state index contributed by atoms with van der Waals surface area (Å²) < 4.78 is 5.07. The van der Waals surface area contributed by atoms with E-state index in [0.29, 0.717) is 6.61 Å². The number of halogens is 1. The third-order valence-corrected chi connectivity index (χ3v) is 1.29. The van der Waals surface area contributed by atoms with Crippen LogP contribution in [0, 0.1) is 12.3 Å². The molecule has 0 aliphatic carbocycles. The fourth-order valence-corrected chi connectivity index (χ4v) is 0.794. The second kappa shape index (κ2) is 9.74. The first-order chi connectivity index (χ1) is 6.43. The van der Waals surface area contributed by atoms with E-state index in [1.54, 1.807) is 0 Å². The Bertz CT molecular complexity index is 243. The summed E-state index contributed by atoms with van der Waals surface area (Å²) in [7, 11) is 4.76. The number of ether oxygens (including phenoxy) is 1. The van der Waals surface area contributed by atoms with Crippen LogP contribution in [-0.4, -0.2) is 6.61 Å². The molecule has 0 N–H and O–H groups in total. The first-order valence-corrected chi connectivity index (χ1v) is 7.61. The van der Waals surface area contributed by atoms with Gasteiger partial charge < -0.3 is 17.1 Å². The van der Waals surface area contributed by atoms with Crippen LogP contribution in [0.15, 0.2) is 30.3 Å². The molecule has 0 aliphatic rings. The van der Waals surface area contributed by atoms with Crippen molar-refractivity contribution < 1.29 is 22.0 Å². The van der Waals surface area contributed by atoms with E-state index in [-0.39, 0.29) is 6.61 Å². The van der Waals surface area contributed by atoms with Crippen molar-refractivity contribution in [2.75, 3.05) is 6.61 Å². The zero-order valence-electron chi connectivity index (χ0n) is 7.29. The Hall–Kier alpha value is -0.347. The van der Waals surface area contributed by atoms with E-state index >= 15 is 0 Å². The first kappa shape index (κ1) is 12.7. The van der Waals surface area contributed by atoms with Crippen molar-refractivity contribution in [3.05, 3.63) is 42.3 Å². The van der Waals surface area contributed by atoms with Gasteiger partial charge in [-0.3, -0.25) is 0 Å². The van der Waals surface area contributed by atoms with Crippen LogP contribution in [0.3, 0.4) is 0 Å². The minimum absolute atomic E-state index is 0.273. The van der Waals surface area contributed by atoms with E-state index in [1.807, 2.05) is 30.3 Å². The van der Waals surface area contributed by atoms with Crippen molar-refractivity contribution in [1.82, 2.24) is 0 Å². The molecule has 0 atom stereocenters. The SMILES string of the molecule is [C-]#CCOCc1ccccc1.[Cl][Zn+]. The number of benzene rings is 1. The summed E-state index contributed by atoms with van der Waals surface area (Å²) in [6.07, 6.45) is 6.59. The van der Waals surface area contributed by atoms with Crippen LogP contribution in [0.4, 0.5) is 0 Å². The number of hydrogen-bond donors (Lipinski definition) is 0. The Labute approximate surface area is 93.2 Å². The molecule has 1 rings (SSSR count). The second-order valence-electron chi connectivity index (χ2n) is 2.16. The van der Waals surface area contributed by atoms with E-state index in [0.717, 1.165) is 22.9 Å². The molecule has 1 aromatic rings. The Kier molecular flexibility index (Phi) is 9.48. The number of rotatable bonds is 3. The molecule has 0 radical (unpaired) electrons. The van der Waals surface area contributed by atoms with Crippen molar-refractivity contribution in [2.24, 2.45) is 0 Å². The van der Waals surface area contributed by atoms with Gasteiger partial charge in [0.05, 0.1) is 13.2 Å². The van der Waals surface area contributed by atoms with Crippen LogP contribution in [-0.2, 0) is 28.7 Å². The monoisotopic (exact) mass is 244 g/mol. The van der Waals surface area contributed by atoms with Gasteiger partial charge >= 0.3 is 27.0 Å². The second-order valence-corrected chi connectivity index (χ2v) is 2.16. The van der Waals surface area contributed by atoms with Gasteiger partial charge in [0.1, 0.15) is 0 Å². The molecule has 0 unspecified atom stereocenters. The average molecular weight is 246 g/mol. The van der Waals surface area contributed by atoms with Crippen molar-refractivity contribution in [3.8, 4) is 5.92 Å². The maximum absolute atomic E-state index is 6.59. The Morgan fingerprint density at radius 3 is 2.46 bits per heavy atom. The molecular formula is C10H9ClOZn. The van der Waals surface area contributed by atoms with Gasteiger partial charge in [0.15, 0.2) is 0 Å². The summed E-state index contributed by atoms with van der Waals surface area (Å²) in [4.78, 5) is 0. The molecule has 0 saturated heterocycles. The summed E-state index contributed by atoms with van der Waals surface area (Å²) in [5.74, 6) is 2.17. The fourth-order valence-electron chi connectivity index (χ4n) is 0.794. The van der Waals surface area contributed by atoms with Crippen molar-refractivity contribution >= 4 is 9.69 Å². The molecule has 64 valence electrons. The summed E-state index contributed by atoms with van der Waals surface area (Å²) in [5, 5.41) is 0. The van der Waals surface area contributed by atoms with Gasteiger partial charge in [-0.1, -0.05) is 30.3 Å². The van der Waals surface area contributed by atoms with E-state index in [2.05, 4.69) is 5.92 Å². The van der Waals surface area contributed by atoms with Crippen molar-refractivity contribution in [3.63, 3.8) is 0 Å². The zero-order chi connectivity index (χ0) is 9.94. The molecule has 1 nitrogen and oxygen atoms in total. The van der Waals surface area contributed by atoms with Crippen LogP contribution in [0.2, 0.25) is 0 Å². The quantitative estimate of drug-likeness (QED) is 0.344. The molecule has 13 heavy (non-hydrogen) atoms. The van der Waals surface area contributed by atoms with E-state index in [4.69, 9.17) is 20.9 Å². The summed E-state index contributed by atoms with van der Waals surface area (Å²) in [6.45, 7) is 0.835. The minimum atomic E-state index is 0.273. The van der Waals surface area contributed by atoms with Gasteiger partial charge in [-0.15, -0.1) is 0 Å². The molecule has 3 heteroatoms. The summed E-state index contributed by atoms with van der Waals surface area (Å²) >= 11 is 0.847. The van der Waals surface area contributed by atoms with Gasteiger partial charge in [-0.05, 0) is 5.56 Å². The molecule has 0 aromatic heterocycles. The summed E-state index contributed by atoms with van der Waals surface area (Å²) in [5.41, 5.74) is 1.13. The fraction of sp³-hybridized carbons (Fsp3) is 0.200. The average Bonchev–Trinajstić information content (AvgIpc) is 2.23. The zero-order valence-corrected chi connectivity index (χ0v) is 11.0. The van der Waals surface area contributed by atoms with E-state index in [1.165, 1.54) is 0 Å². The van der Waals surface area contributed by atoms with E-state index < -0.39 is 0 Å². The van der Waals surface area contributed by atoms with Gasteiger partial charge in [0.2, 0.25) is 0 Å². The third kappa shape index (κ3) is 6.78. The molecular weight excluding hydrogens is 237 g/mol. The molecule has 1 aromatic carbocycles. The van der Waals surface area contributed by atoms with Gasteiger partial charge in [-0.25, -0.2) is 0 Å². The van der Waals surface area contributed by atoms with E-state index in [9.17, 15) is 0 Å². The van der Waals surface area contributed by atoms with Gasteiger partial charge in [0.25, 0.3) is 0 Å². The normalized spacial score (nSPS) is 8.15. The Morgan fingerprint density at radius 2 is 1.92 bits per heavy atom. The van der Waals surface area contributed by atoms with Crippen LogP contribution < -0.4 is 0 Å². The van der Waals surface area contributed by atoms with Gasteiger partial charge in [0, 0.05) is 0 Å². The predicted molar refractivity (Wildman–Crippen MR) is 49.1 cm³/mol. The molecule has 0 fully saturated rings. The summed E-state index contributed by atoms with van der Waals surface area (Å²) in [6, 6.07) is 9.87. The Morgan fingerprint density at radius 1 is 1.31 bits per heavy atom. The van der Waals surface area contributed by atoms with Crippen LogP contribution in [0.1, 0.15) is 5.56 Å². The topological polar surface area (TPSA) is 9.23 Å². The third-order valence-electron chi connectivity index (χ3n) is 1.29. The standard InChI is InChI=1S/C10H9O.ClH.Zn/c1-2-8-11-9-10-6-4-3-5-7-10;;/h3-7H,8-9H2;1H;/q-1;;+2/p-1.